The highest BCUT2D eigenvalue weighted by atomic mass is 16.8. The molecule has 0 spiro atoms. The lowest BCUT2D eigenvalue weighted by Gasteiger charge is -2.48. The summed E-state index contributed by atoms with van der Waals surface area (Å²) in [5.74, 6) is 0. The van der Waals surface area contributed by atoms with Crippen molar-refractivity contribution in [1.82, 2.24) is 0 Å². The summed E-state index contributed by atoms with van der Waals surface area (Å²) in [5, 5.41) is 30.2. The molecule has 2 heterocycles. The average molecular weight is 520 g/mol. The van der Waals surface area contributed by atoms with Gasteiger partial charge in [0.05, 0.1) is 32.0 Å². The average Bonchev–Trinajstić information content (AvgIpc) is 2.93. The second-order valence-corrected chi connectivity index (χ2v) is 9.35. The van der Waals surface area contributed by atoms with Crippen LogP contribution >= 0.6 is 0 Å². The summed E-state index contributed by atoms with van der Waals surface area (Å²) in [6.07, 6.45) is -8.34. The molecule has 2 aliphatic rings. The number of methoxy groups -OCH3 is 1. The highest BCUT2D eigenvalue weighted by Crippen LogP contribution is 2.32. The molecule has 0 bridgehead atoms. The quantitative estimate of drug-likeness (QED) is 0.354. The van der Waals surface area contributed by atoms with Gasteiger partial charge in [-0.05, 0) is 18.1 Å². The van der Waals surface area contributed by atoms with Crippen molar-refractivity contribution < 1.29 is 43.7 Å². The zero-order valence-corrected chi connectivity index (χ0v) is 21.0. The Bertz CT molecular complexity index is 934. The number of benzene rings is 2. The Hall–Kier alpha value is -1.96. The van der Waals surface area contributed by atoms with Gasteiger partial charge in [0.15, 0.2) is 12.6 Å². The summed E-state index contributed by atoms with van der Waals surface area (Å²) < 4.78 is 36.4. The third kappa shape index (κ3) is 6.73. The van der Waals surface area contributed by atoms with E-state index in [-0.39, 0.29) is 6.61 Å². The normalized spacial score (nSPS) is 36.4. The van der Waals surface area contributed by atoms with Gasteiger partial charge in [-0.3, -0.25) is 0 Å². The van der Waals surface area contributed by atoms with Crippen molar-refractivity contribution >= 4 is 0 Å². The summed E-state index contributed by atoms with van der Waals surface area (Å²) in [6, 6.07) is 18.4. The van der Waals surface area contributed by atoms with E-state index >= 15 is 0 Å². The Labute approximate surface area is 216 Å². The number of hydrogen-bond acceptors (Lipinski definition) is 10. The monoisotopic (exact) mass is 519 g/mol. The Morgan fingerprint density at radius 2 is 1.35 bits per heavy atom. The van der Waals surface area contributed by atoms with E-state index in [1.54, 1.807) is 0 Å². The Kier molecular flexibility index (Phi) is 10.0. The number of ether oxygens (including phenoxy) is 6. The van der Waals surface area contributed by atoms with Crippen LogP contribution in [0.25, 0.3) is 0 Å². The molecule has 37 heavy (non-hydrogen) atoms. The lowest BCUT2D eigenvalue weighted by Crippen LogP contribution is -2.66. The fourth-order valence-corrected chi connectivity index (χ4v) is 4.64. The van der Waals surface area contributed by atoms with E-state index in [1.165, 1.54) is 7.11 Å². The van der Waals surface area contributed by atoms with Crippen LogP contribution in [-0.4, -0.2) is 90.4 Å². The number of hydrogen-bond donors (Lipinski definition) is 4. The van der Waals surface area contributed by atoms with Crippen LogP contribution in [0, 0.1) is 0 Å². The lowest BCUT2D eigenvalue weighted by atomic mass is 9.96. The van der Waals surface area contributed by atoms with Crippen LogP contribution in [0.3, 0.4) is 0 Å². The van der Waals surface area contributed by atoms with E-state index in [1.807, 2.05) is 67.6 Å². The highest BCUT2D eigenvalue weighted by Gasteiger charge is 2.51. The SMILES string of the molecule is CO[C@@H]1O[C@@H](C)[C@H](OCc2ccccc2)[C@@H](OCc2ccccc2)[C@H]1O[C@@H]1O[C@H](CO)[C@@H](O)[C@H](O)[C@H]1N. The molecule has 5 N–H and O–H groups in total. The second kappa shape index (κ2) is 13.2. The van der Waals surface area contributed by atoms with Crippen LogP contribution in [0.2, 0.25) is 0 Å². The van der Waals surface area contributed by atoms with Crippen molar-refractivity contribution in [2.24, 2.45) is 5.73 Å². The van der Waals surface area contributed by atoms with Crippen molar-refractivity contribution in [1.29, 1.82) is 0 Å². The molecule has 10 heteroatoms. The molecule has 0 unspecified atom stereocenters. The van der Waals surface area contributed by atoms with E-state index in [2.05, 4.69) is 0 Å². The summed E-state index contributed by atoms with van der Waals surface area (Å²) in [5.41, 5.74) is 8.09. The van der Waals surface area contributed by atoms with Gasteiger partial charge in [0.1, 0.15) is 36.6 Å². The molecule has 0 aliphatic carbocycles. The van der Waals surface area contributed by atoms with Crippen LogP contribution in [0.15, 0.2) is 60.7 Å². The minimum atomic E-state index is -1.37. The molecule has 10 nitrogen and oxygen atoms in total. The maximum absolute atomic E-state index is 10.4. The van der Waals surface area contributed by atoms with E-state index in [0.717, 1.165) is 11.1 Å². The smallest absolute Gasteiger partial charge is 0.186 e. The predicted molar refractivity (Wildman–Crippen MR) is 132 cm³/mol. The van der Waals surface area contributed by atoms with Crippen molar-refractivity contribution in [3.8, 4) is 0 Å². The molecule has 10 atom stereocenters. The largest absolute Gasteiger partial charge is 0.394 e. The first kappa shape index (κ1) is 28.1. The third-order valence-corrected chi connectivity index (χ3v) is 6.75. The van der Waals surface area contributed by atoms with Gasteiger partial charge in [0.25, 0.3) is 0 Å². The van der Waals surface area contributed by atoms with Gasteiger partial charge in [0.2, 0.25) is 0 Å². The van der Waals surface area contributed by atoms with Crippen LogP contribution in [0.4, 0.5) is 0 Å². The topological polar surface area (TPSA) is 142 Å². The Balaban J connectivity index is 1.58. The van der Waals surface area contributed by atoms with Gasteiger partial charge in [-0.25, -0.2) is 0 Å². The number of aliphatic hydroxyl groups excluding tert-OH is 3. The molecule has 0 amide bonds. The summed E-state index contributed by atoms with van der Waals surface area (Å²) in [6.45, 7) is 1.96. The van der Waals surface area contributed by atoms with Gasteiger partial charge in [-0.15, -0.1) is 0 Å². The lowest BCUT2D eigenvalue weighted by molar-refractivity contribution is -0.355. The fraction of sp³-hybridized carbons (Fsp3) is 0.556. The Morgan fingerprint density at radius 1 is 0.784 bits per heavy atom. The van der Waals surface area contributed by atoms with Gasteiger partial charge in [-0.2, -0.15) is 0 Å². The minimum absolute atomic E-state index is 0.276. The minimum Gasteiger partial charge on any atom is -0.394 e. The second-order valence-electron chi connectivity index (χ2n) is 9.35. The molecule has 204 valence electrons. The van der Waals surface area contributed by atoms with Crippen molar-refractivity contribution in [2.45, 2.75) is 81.5 Å². The van der Waals surface area contributed by atoms with Gasteiger partial charge in [0, 0.05) is 7.11 Å². The molecule has 2 saturated heterocycles. The van der Waals surface area contributed by atoms with E-state index in [4.69, 9.17) is 34.2 Å². The molecular formula is C27H37NO9. The standard InChI is InChI=1S/C27H37NO9/c1-16-23(33-14-17-9-5-3-6-10-17)24(34-15-18-11-7-4-8-12-18)25(27(32-2)35-16)37-26-20(28)22(31)21(30)19(13-29)36-26/h3-12,16,19-27,29-31H,13-15,28H2,1-2H3/t16-,19+,20+,21+,22+,23-,24+,25+,26-,27+/m0/s1. The molecule has 2 fully saturated rings. The molecule has 2 aromatic carbocycles. The predicted octanol–water partition coefficient (Wildman–Crippen LogP) is 0.700. The number of rotatable bonds is 10. The molecule has 2 aromatic rings. The fourth-order valence-electron chi connectivity index (χ4n) is 4.64. The van der Waals surface area contributed by atoms with Gasteiger partial charge in [-0.1, -0.05) is 60.7 Å². The van der Waals surface area contributed by atoms with Gasteiger partial charge >= 0.3 is 0 Å². The summed E-state index contributed by atoms with van der Waals surface area (Å²) >= 11 is 0. The first-order valence-corrected chi connectivity index (χ1v) is 12.5. The number of aliphatic hydroxyl groups is 3. The van der Waals surface area contributed by atoms with Crippen molar-refractivity contribution in [3.63, 3.8) is 0 Å². The molecule has 0 radical (unpaired) electrons. The van der Waals surface area contributed by atoms with Crippen molar-refractivity contribution in [3.05, 3.63) is 71.8 Å². The molecule has 0 saturated carbocycles. The third-order valence-electron chi connectivity index (χ3n) is 6.75. The molecular weight excluding hydrogens is 482 g/mol. The maximum Gasteiger partial charge on any atom is 0.186 e. The van der Waals surface area contributed by atoms with Gasteiger partial charge < -0.3 is 49.5 Å². The van der Waals surface area contributed by atoms with Crippen LogP contribution in [-0.2, 0) is 41.6 Å². The maximum atomic E-state index is 10.4. The number of nitrogens with two attached hydrogens (primary N) is 1. The first-order valence-electron chi connectivity index (χ1n) is 12.5. The van der Waals surface area contributed by atoms with Crippen molar-refractivity contribution in [2.75, 3.05) is 13.7 Å². The van der Waals surface area contributed by atoms with Crippen LogP contribution in [0.1, 0.15) is 18.1 Å². The van der Waals surface area contributed by atoms with E-state index in [0.29, 0.717) is 6.61 Å². The van der Waals surface area contributed by atoms with Crippen LogP contribution in [0.5, 0.6) is 0 Å². The molecule has 4 rings (SSSR count). The van der Waals surface area contributed by atoms with E-state index < -0.39 is 68.0 Å². The van der Waals surface area contributed by atoms with Crippen LogP contribution < -0.4 is 5.73 Å². The zero-order chi connectivity index (χ0) is 26.4. The summed E-state index contributed by atoms with van der Waals surface area (Å²) in [7, 11) is 1.49. The zero-order valence-electron chi connectivity index (χ0n) is 21.0. The molecule has 2 aliphatic heterocycles. The Morgan fingerprint density at radius 3 is 1.89 bits per heavy atom. The highest BCUT2D eigenvalue weighted by molar-refractivity contribution is 5.14. The molecule has 0 aromatic heterocycles. The summed E-state index contributed by atoms with van der Waals surface area (Å²) in [4.78, 5) is 0. The first-order chi connectivity index (χ1) is 17.9. The van der Waals surface area contributed by atoms with E-state index in [9.17, 15) is 15.3 Å².